The van der Waals surface area contributed by atoms with Gasteiger partial charge in [-0.15, -0.1) is 0 Å². The summed E-state index contributed by atoms with van der Waals surface area (Å²) in [6.45, 7) is 0. The molecule has 2 aromatic heterocycles. The predicted octanol–water partition coefficient (Wildman–Crippen LogP) is 12.3. The van der Waals surface area contributed by atoms with Gasteiger partial charge < -0.3 is 0 Å². The SMILES string of the molecule is c1ccc(-c2ccccc2-c2ccc(-c3ccccn3)c(-c3ccccn3)c2-c2cccc3c4ccccc4c4ccccc4c23)cc1. The van der Waals surface area contributed by atoms with Gasteiger partial charge in [-0.25, -0.2) is 0 Å². The summed E-state index contributed by atoms with van der Waals surface area (Å²) in [5, 5.41) is 7.47. The molecule has 2 nitrogen and oxygen atoms in total. The lowest BCUT2D eigenvalue weighted by Gasteiger charge is -2.23. The molecule has 0 amide bonds. The van der Waals surface area contributed by atoms with E-state index in [0.717, 1.165) is 33.6 Å². The van der Waals surface area contributed by atoms with E-state index in [1.54, 1.807) is 0 Å². The van der Waals surface area contributed by atoms with Crippen molar-refractivity contribution in [1.29, 1.82) is 0 Å². The molecule has 0 radical (unpaired) electrons. The second-order valence-corrected chi connectivity index (χ2v) is 12.1. The summed E-state index contributed by atoms with van der Waals surface area (Å²) >= 11 is 0. The van der Waals surface area contributed by atoms with Crippen molar-refractivity contribution in [3.05, 3.63) is 182 Å². The predicted molar refractivity (Wildman–Crippen MR) is 202 cm³/mol. The van der Waals surface area contributed by atoms with E-state index in [1.807, 2.05) is 24.5 Å². The lowest BCUT2D eigenvalue weighted by Crippen LogP contribution is -1.98. The zero-order valence-electron chi connectivity index (χ0n) is 26.2. The lowest BCUT2D eigenvalue weighted by molar-refractivity contribution is 1.30. The minimum Gasteiger partial charge on any atom is -0.256 e. The first-order valence-corrected chi connectivity index (χ1v) is 16.3. The molecule has 2 heterocycles. The minimum absolute atomic E-state index is 0.911. The molecule has 0 aliphatic carbocycles. The van der Waals surface area contributed by atoms with Crippen molar-refractivity contribution in [3.63, 3.8) is 0 Å². The number of fused-ring (bicyclic) bond motifs is 6. The highest BCUT2D eigenvalue weighted by molar-refractivity contribution is 6.29. The van der Waals surface area contributed by atoms with E-state index in [9.17, 15) is 0 Å². The monoisotopic (exact) mass is 610 g/mol. The van der Waals surface area contributed by atoms with Crippen molar-refractivity contribution >= 4 is 32.3 Å². The van der Waals surface area contributed by atoms with Gasteiger partial charge in [0.05, 0.1) is 11.4 Å². The van der Waals surface area contributed by atoms with E-state index in [4.69, 9.17) is 9.97 Å². The van der Waals surface area contributed by atoms with Crippen LogP contribution in [0.25, 0.3) is 88.2 Å². The van der Waals surface area contributed by atoms with Gasteiger partial charge in [-0.2, -0.15) is 0 Å². The molecule has 0 spiro atoms. The largest absolute Gasteiger partial charge is 0.256 e. The summed E-state index contributed by atoms with van der Waals surface area (Å²) < 4.78 is 0. The van der Waals surface area contributed by atoms with Gasteiger partial charge in [0.25, 0.3) is 0 Å². The summed E-state index contributed by atoms with van der Waals surface area (Å²) in [6, 6.07) is 60.6. The molecule has 224 valence electrons. The van der Waals surface area contributed by atoms with Crippen molar-refractivity contribution < 1.29 is 0 Å². The zero-order chi connectivity index (χ0) is 31.9. The standard InChI is InChI=1S/C46H30N2/c1-2-15-31(16-3-1)32-17-4-5-18-33(32)39-27-28-40(42-25-10-12-29-47-42)46(43-26-11-13-30-48-43)45(39)41-24-14-23-38-36-20-7-6-19-34(36)35-21-8-9-22-37(35)44(38)41/h1-30H. The maximum atomic E-state index is 5.00. The molecule has 9 rings (SSSR count). The Labute approximate surface area is 279 Å². The Morgan fingerprint density at radius 3 is 1.44 bits per heavy atom. The van der Waals surface area contributed by atoms with Crippen LogP contribution >= 0.6 is 0 Å². The summed E-state index contributed by atoms with van der Waals surface area (Å²) in [7, 11) is 0. The fourth-order valence-corrected chi connectivity index (χ4v) is 7.37. The molecule has 9 aromatic rings. The van der Waals surface area contributed by atoms with Crippen LogP contribution in [0.3, 0.4) is 0 Å². The average molecular weight is 611 g/mol. The Morgan fingerprint density at radius 1 is 0.271 bits per heavy atom. The number of pyridine rings is 2. The van der Waals surface area contributed by atoms with Crippen LogP contribution in [0, 0.1) is 0 Å². The second kappa shape index (κ2) is 11.8. The molecule has 0 aliphatic heterocycles. The van der Waals surface area contributed by atoms with E-state index in [2.05, 4.69) is 158 Å². The third kappa shape index (κ3) is 4.58. The number of nitrogens with zero attached hydrogens (tertiary/aromatic N) is 2. The van der Waals surface area contributed by atoms with Crippen molar-refractivity contribution in [2.24, 2.45) is 0 Å². The highest BCUT2D eigenvalue weighted by Crippen LogP contribution is 2.50. The second-order valence-electron chi connectivity index (χ2n) is 12.1. The fraction of sp³-hybridized carbons (Fsp3) is 0. The maximum Gasteiger partial charge on any atom is 0.0715 e. The third-order valence-corrected chi connectivity index (χ3v) is 9.41. The van der Waals surface area contributed by atoms with Gasteiger partial charge in [0.1, 0.15) is 0 Å². The Morgan fingerprint density at radius 2 is 0.771 bits per heavy atom. The van der Waals surface area contributed by atoms with Gasteiger partial charge in [-0.3, -0.25) is 9.97 Å². The van der Waals surface area contributed by atoms with Crippen LogP contribution in [0.5, 0.6) is 0 Å². The summed E-state index contributed by atoms with van der Waals surface area (Å²) in [6.07, 6.45) is 3.76. The Bertz CT molecular complexity index is 2550. The molecule has 0 unspecified atom stereocenters. The van der Waals surface area contributed by atoms with Crippen molar-refractivity contribution in [2.75, 3.05) is 0 Å². The highest BCUT2D eigenvalue weighted by atomic mass is 14.7. The highest BCUT2D eigenvalue weighted by Gasteiger charge is 2.24. The number of hydrogen-bond donors (Lipinski definition) is 0. The molecule has 0 saturated carbocycles. The third-order valence-electron chi connectivity index (χ3n) is 9.41. The molecule has 0 atom stereocenters. The van der Waals surface area contributed by atoms with Gasteiger partial charge in [-0.1, -0.05) is 146 Å². The van der Waals surface area contributed by atoms with Crippen molar-refractivity contribution in [1.82, 2.24) is 9.97 Å². The Hall–Kier alpha value is -6.38. The molecule has 0 saturated heterocycles. The number of hydrogen-bond acceptors (Lipinski definition) is 2. The topological polar surface area (TPSA) is 25.8 Å². The number of aromatic nitrogens is 2. The van der Waals surface area contributed by atoms with Crippen LogP contribution in [0.4, 0.5) is 0 Å². The van der Waals surface area contributed by atoms with Gasteiger partial charge >= 0.3 is 0 Å². The molecular formula is C46H30N2. The molecular weight excluding hydrogens is 581 g/mol. The number of benzene rings is 7. The summed E-state index contributed by atoms with van der Waals surface area (Å²) in [5.41, 5.74) is 11.0. The van der Waals surface area contributed by atoms with Crippen LogP contribution in [-0.2, 0) is 0 Å². The van der Waals surface area contributed by atoms with Crippen molar-refractivity contribution in [2.45, 2.75) is 0 Å². The summed E-state index contributed by atoms with van der Waals surface area (Å²) in [4.78, 5) is 9.86. The first-order valence-electron chi connectivity index (χ1n) is 16.3. The lowest BCUT2D eigenvalue weighted by atomic mass is 9.80. The molecule has 48 heavy (non-hydrogen) atoms. The first kappa shape index (κ1) is 27.9. The first-order chi connectivity index (χ1) is 23.9. The average Bonchev–Trinajstić information content (AvgIpc) is 3.18. The summed E-state index contributed by atoms with van der Waals surface area (Å²) in [5.74, 6) is 0. The van der Waals surface area contributed by atoms with Crippen LogP contribution in [0.15, 0.2) is 182 Å². The van der Waals surface area contributed by atoms with Crippen LogP contribution < -0.4 is 0 Å². The van der Waals surface area contributed by atoms with Crippen molar-refractivity contribution in [3.8, 4) is 55.9 Å². The van der Waals surface area contributed by atoms with E-state index in [-0.39, 0.29) is 0 Å². The molecule has 0 bridgehead atoms. The molecule has 2 heteroatoms. The van der Waals surface area contributed by atoms with Crippen LogP contribution in [-0.4, -0.2) is 9.97 Å². The van der Waals surface area contributed by atoms with Crippen LogP contribution in [0.2, 0.25) is 0 Å². The molecule has 7 aromatic carbocycles. The molecule has 0 fully saturated rings. The molecule has 0 aliphatic rings. The quantitative estimate of drug-likeness (QED) is 0.181. The van der Waals surface area contributed by atoms with E-state index >= 15 is 0 Å². The molecule has 0 N–H and O–H groups in total. The van der Waals surface area contributed by atoms with E-state index in [0.29, 0.717) is 0 Å². The number of rotatable bonds is 5. The zero-order valence-corrected chi connectivity index (χ0v) is 26.2. The van der Waals surface area contributed by atoms with Gasteiger partial charge in [0.2, 0.25) is 0 Å². The van der Waals surface area contributed by atoms with Gasteiger partial charge in [0.15, 0.2) is 0 Å². The Kier molecular flexibility index (Phi) is 6.84. The van der Waals surface area contributed by atoms with E-state index < -0.39 is 0 Å². The minimum atomic E-state index is 0.911. The smallest absolute Gasteiger partial charge is 0.0715 e. The fourth-order valence-electron chi connectivity index (χ4n) is 7.37. The van der Waals surface area contributed by atoms with Gasteiger partial charge in [-0.05, 0) is 84.4 Å². The normalized spacial score (nSPS) is 11.3. The Balaban J connectivity index is 1.50. The van der Waals surface area contributed by atoms with Gasteiger partial charge in [0, 0.05) is 29.1 Å². The maximum absolute atomic E-state index is 5.00. The van der Waals surface area contributed by atoms with E-state index in [1.165, 1.54) is 54.6 Å². The van der Waals surface area contributed by atoms with Crippen LogP contribution in [0.1, 0.15) is 0 Å².